The van der Waals surface area contributed by atoms with Gasteiger partial charge in [0.1, 0.15) is 0 Å². The molecular formula is C14H18BrN3O2. The topological polar surface area (TPSA) is 70.2 Å². The maximum absolute atomic E-state index is 11.8. The van der Waals surface area contributed by atoms with Crippen molar-refractivity contribution >= 4 is 33.4 Å². The number of carbonyl (C=O) groups is 2. The maximum Gasteiger partial charge on any atom is 0.243 e. The van der Waals surface area contributed by atoms with E-state index in [1.165, 1.54) is 0 Å². The van der Waals surface area contributed by atoms with E-state index in [1.807, 2.05) is 25.1 Å². The Kier molecular flexibility index (Phi) is 5.14. The summed E-state index contributed by atoms with van der Waals surface area (Å²) in [4.78, 5) is 23.6. The molecule has 2 amide bonds. The van der Waals surface area contributed by atoms with Crippen molar-refractivity contribution in [2.75, 3.05) is 25.0 Å². The number of benzene rings is 1. The van der Waals surface area contributed by atoms with E-state index < -0.39 is 0 Å². The lowest BCUT2D eigenvalue weighted by atomic mass is 10.1. The highest BCUT2D eigenvalue weighted by molar-refractivity contribution is 9.10. The van der Waals surface area contributed by atoms with Gasteiger partial charge in [-0.1, -0.05) is 15.9 Å². The Labute approximate surface area is 126 Å². The number of nitrogens with one attached hydrogen (secondary N) is 3. The fourth-order valence-corrected chi connectivity index (χ4v) is 2.63. The number of hydrogen-bond acceptors (Lipinski definition) is 3. The molecule has 1 unspecified atom stereocenters. The molecule has 1 fully saturated rings. The van der Waals surface area contributed by atoms with E-state index in [4.69, 9.17) is 0 Å². The first-order valence-corrected chi connectivity index (χ1v) is 7.40. The normalized spacial score (nSPS) is 17.8. The molecule has 0 aliphatic carbocycles. The fourth-order valence-electron chi connectivity index (χ4n) is 2.15. The molecule has 1 atom stereocenters. The van der Waals surface area contributed by atoms with Crippen molar-refractivity contribution in [1.29, 1.82) is 0 Å². The van der Waals surface area contributed by atoms with Gasteiger partial charge in [-0.2, -0.15) is 0 Å². The largest absolute Gasteiger partial charge is 0.347 e. The Bertz CT molecular complexity index is 513. The third-order valence-corrected chi connectivity index (χ3v) is 3.81. The van der Waals surface area contributed by atoms with Gasteiger partial charge in [-0.05, 0) is 43.7 Å². The number of carbonyl (C=O) groups excluding carboxylic acids is 2. The van der Waals surface area contributed by atoms with Gasteiger partial charge in [0.15, 0.2) is 0 Å². The van der Waals surface area contributed by atoms with Crippen LogP contribution < -0.4 is 16.0 Å². The van der Waals surface area contributed by atoms with Crippen LogP contribution in [0.5, 0.6) is 0 Å². The number of halogens is 1. The molecule has 0 saturated carbocycles. The molecule has 3 N–H and O–H groups in total. The molecule has 0 aromatic heterocycles. The van der Waals surface area contributed by atoms with E-state index in [1.54, 1.807) is 0 Å². The monoisotopic (exact) mass is 339 g/mol. The second-order valence-corrected chi connectivity index (χ2v) is 5.83. The second-order valence-electron chi connectivity index (χ2n) is 4.91. The minimum Gasteiger partial charge on any atom is -0.347 e. The van der Waals surface area contributed by atoms with Crippen molar-refractivity contribution in [3.8, 4) is 0 Å². The lowest BCUT2D eigenvalue weighted by molar-refractivity contribution is -0.126. The first-order valence-electron chi connectivity index (χ1n) is 6.60. The summed E-state index contributed by atoms with van der Waals surface area (Å²) in [5, 5.41) is 8.60. The molecule has 1 aliphatic rings. The van der Waals surface area contributed by atoms with Crippen LogP contribution in [0.2, 0.25) is 0 Å². The molecule has 0 spiro atoms. The van der Waals surface area contributed by atoms with Gasteiger partial charge in [0, 0.05) is 16.7 Å². The summed E-state index contributed by atoms with van der Waals surface area (Å²) >= 11 is 3.37. The first-order chi connectivity index (χ1) is 9.56. The van der Waals surface area contributed by atoms with Crippen molar-refractivity contribution in [3.05, 3.63) is 28.2 Å². The van der Waals surface area contributed by atoms with Gasteiger partial charge in [0.2, 0.25) is 11.8 Å². The standard InChI is InChI=1S/C14H18BrN3O2/c1-9-6-11(15)2-3-12(9)18-13(19)8-17-14(20)10-4-5-16-7-10/h2-3,6,10,16H,4-5,7-8H2,1H3,(H,17,20)(H,18,19). The molecule has 1 heterocycles. The first kappa shape index (κ1) is 15.0. The molecule has 1 aromatic carbocycles. The highest BCUT2D eigenvalue weighted by Gasteiger charge is 2.22. The predicted molar refractivity (Wildman–Crippen MR) is 81.5 cm³/mol. The zero-order valence-electron chi connectivity index (χ0n) is 11.3. The van der Waals surface area contributed by atoms with E-state index in [2.05, 4.69) is 31.9 Å². The summed E-state index contributed by atoms with van der Waals surface area (Å²) in [5.41, 5.74) is 1.73. The Balaban J connectivity index is 1.81. The van der Waals surface area contributed by atoms with E-state index in [0.717, 1.165) is 28.7 Å². The predicted octanol–water partition coefficient (Wildman–Crippen LogP) is 1.42. The van der Waals surface area contributed by atoms with E-state index in [0.29, 0.717) is 6.54 Å². The minimum atomic E-state index is -0.213. The Morgan fingerprint density at radius 2 is 2.25 bits per heavy atom. The quantitative estimate of drug-likeness (QED) is 0.777. The van der Waals surface area contributed by atoms with Crippen LogP contribution >= 0.6 is 15.9 Å². The van der Waals surface area contributed by atoms with Crippen LogP contribution in [0.1, 0.15) is 12.0 Å². The highest BCUT2D eigenvalue weighted by atomic mass is 79.9. The Hall–Kier alpha value is -1.40. The van der Waals surface area contributed by atoms with Crippen LogP contribution in [0.3, 0.4) is 0 Å². The van der Waals surface area contributed by atoms with Crippen molar-refractivity contribution in [2.24, 2.45) is 5.92 Å². The molecule has 20 heavy (non-hydrogen) atoms. The number of hydrogen-bond donors (Lipinski definition) is 3. The zero-order valence-corrected chi connectivity index (χ0v) is 12.9. The maximum atomic E-state index is 11.8. The van der Waals surface area contributed by atoms with E-state index >= 15 is 0 Å². The summed E-state index contributed by atoms with van der Waals surface area (Å²) in [6.45, 7) is 3.48. The van der Waals surface area contributed by atoms with Crippen molar-refractivity contribution in [1.82, 2.24) is 10.6 Å². The molecule has 6 heteroatoms. The van der Waals surface area contributed by atoms with Gasteiger partial charge in [-0.25, -0.2) is 0 Å². The van der Waals surface area contributed by atoms with E-state index in [9.17, 15) is 9.59 Å². The average molecular weight is 340 g/mol. The van der Waals surface area contributed by atoms with Gasteiger partial charge >= 0.3 is 0 Å². The van der Waals surface area contributed by atoms with Crippen LogP contribution in [0.4, 0.5) is 5.69 Å². The van der Waals surface area contributed by atoms with E-state index in [-0.39, 0.29) is 24.3 Å². The lowest BCUT2D eigenvalue weighted by Gasteiger charge is -2.11. The molecule has 108 valence electrons. The van der Waals surface area contributed by atoms with Crippen molar-refractivity contribution in [2.45, 2.75) is 13.3 Å². The molecule has 2 rings (SSSR count). The molecule has 1 aromatic rings. The summed E-state index contributed by atoms with van der Waals surface area (Å²) in [5.74, 6) is -0.287. The highest BCUT2D eigenvalue weighted by Crippen LogP contribution is 2.19. The SMILES string of the molecule is Cc1cc(Br)ccc1NC(=O)CNC(=O)C1CCNC1. The van der Waals surface area contributed by atoms with Gasteiger partial charge in [-0.3, -0.25) is 9.59 Å². The third-order valence-electron chi connectivity index (χ3n) is 3.32. The molecule has 0 radical (unpaired) electrons. The second kappa shape index (κ2) is 6.85. The number of amides is 2. The zero-order chi connectivity index (χ0) is 14.5. The molecular weight excluding hydrogens is 322 g/mol. The van der Waals surface area contributed by atoms with Gasteiger partial charge in [0.25, 0.3) is 0 Å². The summed E-state index contributed by atoms with van der Waals surface area (Å²) < 4.78 is 0.968. The van der Waals surface area contributed by atoms with Crippen LogP contribution in [-0.4, -0.2) is 31.4 Å². The summed E-state index contributed by atoms with van der Waals surface area (Å²) in [7, 11) is 0. The molecule has 1 saturated heterocycles. The molecule has 1 aliphatic heterocycles. The van der Waals surface area contributed by atoms with Crippen LogP contribution in [0, 0.1) is 12.8 Å². The summed E-state index contributed by atoms with van der Waals surface area (Å²) in [6.07, 6.45) is 0.833. The minimum absolute atomic E-state index is 0.00480. The van der Waals surface area contributed by atoms with Gasteiger partial charge in [0.05, 0.1) is 12.5 Å². The average Bonchev–Trinajstić information content (AvgIpc) is 2.93. The van der Waals surface area contributed by atoms with Crippen molar-refractivity contribution < 1.29 is 9.59 Å². The fraction of sp³-hybridized carbons (Fsp3) is 0.429. The Morgan fingerprint density at radius 1 is 1.45 bits per heavy atom. The van der Waals surface area contributed by atoms with Crippen LogP contribution in [0.15, 0.2) is 22.7 Å². The molecule has 0 bridgehead atoms. The third kappa shape index (κ3) is 4.05. The lowest BCUT2D eigenvalue weighted by Crippen LogP contribution is -2.37. The number of anilines is 1. The van der Waals surface area contributed by atoms with Gasteiger partial charge in [-0.15, -0.1) is 0 Å². The molecule has 5 nitrogen and oxygen atoms in total. The van der Waals surface area contributed by atoms with Crippen molar-refractivity contribution in [3.63, 3.8) is 0 Å². The van der Waals surface area contributed by atoms with Crippen LogP contribution in [-0.2, 0) is 9.59 Å². The smallest absolute Gasteiger partial charge is 0.243 e. The van der Waals surface area contributed by atoms with Crippen LogP contribution in [0.25, 0.3) is 0 Å². The van der Waals surface area contributed by atoms with Gasteiger partial charge < -0.3 is 16.0 Å². The Morgan fingerprint density at radius 3 is 2.90 bits per heavy atom. The number of rotatable bonds is 4. The summed E-state index contributed by atoms with van der Waals surface area (Å²) in [6, 6.07) is 5.63. The number of aryl methyl sites for hydroxylation is 1.